The first kappa shape index (κ1) is 30.0. The average molecular weight is 556 g/mol. The summed E-state index contributed by atoms with van der Waals surface area (Å²) in [5.41, 5.74) is 1.29. The molecule has 0 aromatic heterocycles. The summed E-state index contributed by atoms with van der Waals surface area (Å²) in [5.74, 6) is -2.05. The van der Waals surface area contributed by atoms with Crippen molar-refractivity contribution in [2.24, 2.45) is 10.9 Å². The molecule has 170 valence electrons. The van der Waals surface area contributed by atoms with E-state index in [9.17, 15) is 23.8 Å². The second kappa shape index (κ2) is 15.7. The van der Waals surface area contributed by atoms with Crippen molar-refractivity contribution in [1.82, 2.24) is 0 Å². The summed E-state index contributed by atoms with van der Waals surface area (Å²) in [6, 6.07) is 18.3. The van der Waals surface area contributed by atoms with E-state index >= 15 is 0 Å². The number of hydrogen-bond donors (Lipinski definition) is 0. The molecule has 3 aromatic rings. The van der Waals surface area contributed by atoms with Crippen molar-refractivity contribution in [1.29, 1.82) is 0 Å². The summed E-state index contributed by atoms with van der Waals surface area (Å²) in [5, 5.41) is 22.1. The van der Waals surface area contributed by atoms with Crippen LogP contribution < -0.4 is 10.2 Å². The van der Waals surface area contributed by atoms with Crippen LogP contribution in [0.25, 0.3) is 0 Å². The number of aliphatic imine (C=N–C) groups is 1. The standard InChI is InChI=1S/C12H15NO3.2C7H6F.Sn/c1-8(2)11(12(15)16)13-7-9-5-3-4-6-10(9)14;2*1-6-4-2-3-5-7(6)8;/h3-8,11,14H,1-2H3,(H,15,16);2*2-5H,1H2;/q;2*-1;+4/p-2/t11-;;;/m1.../s1. The largest absolute Gasteiger partial charge is 4.00 e. The molecule has 0 N–H and O–H groups in total. The third-order valence-electron chi connectivity index (χ3n) is 4.08. The van der Waals surface area contributed by atoms with Crippen LogP contribution >= 0.6 is 0 Å². The van der Waals surface area contributed by atoms with Crippen LogP contribution in [0.3, 0.4) is 0 Å². The first-order valence-corrected chi connectivity index (χ1v) is 9.76. The maximum absolute atomic E-state index is 12.3. The first-order valence-electron chi connectivity index (χ1n) is 9.76. The number of carbonyl (C=O) groups is 1. The van der Waals surface area contributed by atoms with E-state index in [1.54, 1.807) is 68.4 Å². The van der Waals surface area contributed by atoms with Gasteiger partial charge in [-0.05, 0) is 11.5 Å². The van der Waals surface area contributed by atoms with Gasteiger partial charge in [-0.3, -0.25) is 13.8 Å². The molecule has 0 bridgehead atoms. The Morgan fingerprint density at radius 1 is 0.879 bits per heavy atom. The Morgan fingerprint density at radius 3 is 1.64 bits per heavy atom. The van der Waals surface area contributed by atoms with Gasteiger partial charge in [-0.1, -0.05) is 62.4 Å². The Labute approximate surface area is 211 Å². The number of hydrogen-bond acceptors (Lipinski definition) is 4. The quantitative estimate of drug-likeness (QED) is 0.280. The van der Waals surface area contributed by atoms with E-state index in [1.165, 1.54) is 24.4 Å². The second-order valence-electron chi connectivity index (χ2n) is 7.01. The van der Waals surface area contributed by atoms with Crippen LogP contribution in [-0.2, 0) is 4.79 Å². The smallest absolute Gasteiger partial charge is 0.872 e. The minimum Gasteiger partial charge on any atom is -0.872 e. The number of para-hydroxylation sites is 1. The first-order chi connectivity index (χ1) is 15.1. The third kappa shape index (κ3) is 11.4. The predicted molar refractivity (Wildman–Crippen MR) is 125 cm³/mol. The fraction of sp³-hybridized carbons (Fsp3) is 0.154. The number of halogens is 2. The van der Waals surface area contributed by atoms with Gasteiger partial charge in [0.15, 0.2) is 0 Å². The van der Waals surface area contributed by atoms with E-state index in [2.05, 4.69) is 18.8 Å². The van der Waals surface area contributed by atoms with Crippen LogP contribution in [0.4, 0.5) is 8.78 Å². The van der Waals surface area contributed by atoms with E-state index in [-0.39, 0.29) is 47.2 Å². The van der Waals surface area contributed by atoms with E-state index in [0.29, 0.717) is 16.7 Å². The molecule has 7 heteroatoms. The molecular formula is C26H25F2NO3Sn. The average Bonchev–Trinajstić information content (AvgIpc) is 2.74. The van der Waals surface area contributed by atoms with E-state index in [0.717, 1.165) is 0 Å². The molecule has 33 heavy (non-hydrogen) atoms. The van der Waals surface area contributed by atoms with Crippen LogP contribution in [-0.4, -0.2) is 42.1 Å². The van der Waals surface area contributed by atoms with Crippen molar-refractivity contribution in [3.8, 4) is 5.75 Å². The van der Waals surface area contributed by atoms with Gasteiger partial charge in [0.05, 0.1) is 12.0 Å². The van der Waals surface area contributed by atoms with Crippen LogP contribution in [0.15, 0.2) is 77.8 Å². The van der Waals surface area contributed by atoms with Gasteiger partial charge in [0, 0.05) is 17.8 Å². The van der Waals surface area contributed by atoms with Gasteiger partial charge < -0.3 is 15.0 Å². The molecule has 1 atom stereocenters. The van der Waals surface area contributed by atoms with Crippen molar-refractivity contribution >= 4 is 36.1 Å². The van der Waals surface area contributed by atoms with Crippen molar-refractivity contribution in [3.05, 3.63) is 115 Å². The van der Waals surface area contributed by atoms with Gasteiger partial charge in [-0.25, -0.2) is 0 Å². The summed E-state index contributed by atoms with van der Waals surface area (Å²) in [7, 11) is 0. The topological polar surface area (TPSA) is 75.5 Å². The maximum atomic E-state index is 12.3. The normalized spacial score (nSPS) is 10.8. The molecule has 0 aliphatic rings. The predicted octanol–water partition coefficient (Wildman–Crippen LogP) is 3.59. The summed E-state index contributed by atoms with van der Waals surface area (Å²) < 4.78 is 24.5. The third-order valence-corrected chi connectivity index (χ3v) is 4.08. The Kier molecular flexibility index (Phi) is 14.3. The fourth-order valence-electron chi connectivity index (χ4n) is 2.25. The van der Waals surface area contributed by atoms with Crippen molar-refractivity contribution in [2.45, 2.75) is 19.9 Å². The molecule has 0 saturated heterocycles. The molecule has 0 fully saturated rings. The van der Waals surface area contributed by atoms with Crippen LogP contribution in [0.2, 0.25) is 0 Å². The molecule has 4 nitrogen and oxygen atoms in total. The van der Waals surface area contributed by atoms with E-state index in [4.69, 9.17) is 0 Å². The van der Waals surface area contributed by atoms with E-state index in [1.807, 2.05) is 0 Å². The molecule has 0 spiro atoms. The molecule has 3 aromatic carbocycles. The molecule has 0 aliphatic carbocycles. The Balaban J connectivity index is 0.000000506. The summed E-state index contributed by atoms with van der Waals surface area (Å²) in [6.07, 6.45) is 1.29. The summed E-state index contributed by atoms with van der Waals surface area (Å²) in [4.78, 5) is 14.6. The van der Waals surface area contributed by atoms with Crippen molar-refractivity contribution in [3.63, 3.8) is 0 Å². The second-order valence-corrected chi connectivity index (χ2v) is 7.01. The zero-order valence-electron chi connectivity index (χ0n) is 18.5. The minimum atomic E-state index is -1.23. The number of carboxylic acid groups (broad SMARTS) is 1. The van der Waals surface area contributed by atoms with E-state index < -0.39 is 12.0 Å². The number of rotatable bonds is 4. The van der Waals surface area contributed by atoms with Gasteiger partial charge >= 0.3 is 23.9 Å². The molecule has 0 amide bonds. The van der Waals surface area contributed by atoms with Gasteiger partial charge in [0.25, 0.3) is 0 Å². The van der Waals surface area contributed by atoms with Crippen molar-refractivity contribution < 1.29 is 23.8 Å². The minimum absolute atomic E-state index is 0. The van der Waals surface area contributed by atoms with Gasteiger partial charge in [-0.2, -0.15) is 37.1 Å². The molecule has 0 aliphatic heterocycles. The Bertz CT molecular complexity index is 940. The molecular weight excluding hydrogens is 531 g/mol. The number of carboxylic acids is 1. The SMILES string of the molecule is CC(C)[C@@H](N=Cc1ccccc1[O-])C(=O)[O-].[CH2-]c1ccccc1F.[CH2-]c1ccccc1F.[Sn+4]. The van der Waals surface area contributed by atoms with Crippen LogP contribution in [0.1, 0.15) is 30.5 Å². The Morgan fingerprint density at radius 2 is 1.30 bits per heavy atom. The van der Waals surface area contributed by atoms with Gasteiger partial charge in [-0.15, -0.1) is 17.9 Å². The Hall–Kier alpha value is -3.00. The number of carbonyl (C=O) groups excluding carboxylic acids is 1. The fourth-order valence-corrected chi connectivity index (χ4v) is 2.25. The molecule has 0 unspecified atom stereocenters. The monoisotopic (exact) mass is 557 g/mol. The van der Waals surface area contributed by atoms with Gasteiger partial charge in [0.1, 0.15) is 0 Å². The molecule has 0 heterocycles. The zero-order chi connectivity index (χ0) is 24.1. The number of nitrogens with zero attached hydrogens (tertiary/aromatic N) is 1. The molecule has 0 radical (unpaired) electrons. The number of benzene rings is 3. The number of aliphatic carboxylic acids is 1. The summed E-state index contributed by atoms with van der Waals surface area (Å²) >= 11 is 0. The summed E-state index contributed by atoms with van der Waals surface area (Å²) in [6.45, 7) is 10.4. The van der Waals surface area contributed by atoms with Crippen LogP contribution in [0, 0.1) is 31.4 Å². The van der Waals surface area contributed by atoms with Crippen LogP contribution in [0.5, 0.6) is 5.75 Å². The maximum Gasteiger partial charge on any atom is 4.00 e. The van der Waals surface area contributed by atoms with Gasteiger partial charge in [0.2, 0.25) is 0 Å². The zero-order valence-corrected chi connectivity index (χ0v) is 21.4. The van der Waals surface area contributed by atoms with Crippen molar-refractivity contribution in [2.75, 3.05) is 0 Å². The molecule has 0 saturated carbocycles. The molecule has 3 rings (SSSR count).